The van der Waals surface area contributed by atoms with Crippen molar-refractivity contribution in [3.63, 3.8) is 0 Å². The predicted octanol–water partition coefficient (Wildman–Crippen LogP) is 0.218. The molecular weight excluding hydrogens is 140 g/mol. The number of imidazole rings is 1. The molecule has 1 heterocycles. The van der Waals surface area contributed by atoms with Crippen LogP contribution in [0.2, 0.25) is 0 Å². The summed E-state index contributed by atoms with van der Waals surface area (Å²) in [4.78, 5) is 3.66. The van der Waals surface area contributed by atoms with E-state index < -0.39 is 0 Å². The molecule has 0 saturated carbocycles. The molecule has 0 spiro atoms. The summed E-state index contributed by atoms with van der Waals surface area (Å²) >= 11 is 0. The zero-order valence-electron chi connectivity index (χ0n) is 3.85. The summed E-state index contributed by atoms with van der Waals surface area (Å²) in [5.74, 6) is 0. The van der Waals surface area contributed by atoms with Crippen molar-refractivity contribution in [2.75, 3.05) is 0 Å². The molecular formula is C4H5CuN2. The molecule has 7 heavy (non-hydrogen) atoms. The maximum atomic E-state index is 3.66. The number of hydrogen-bond acceptors (Lipinski definition) is 1. The molecule has 42 valence electrons. The summed E-state index contributed by atoms with van der Waals surface area (Å²) in [6.07, 6.45) is 6.19. The average molecular weight is 145 g/mol. The van der Waals surface area contributed by atoms with Crippen molar-refractivity contribution in [3.8, 4) is 0 Å². The van der Waals surface area contributed by atoms with E-state index in [1.54, 1.807) is 10.8 Å². The van der Waals surface area contributed by atoms with Crippen molar-refractivity contribution < 1.29 is 17.1 Å². The molecule has 1 aromatic rings. The molecule has 0 radical (unpaired) electrons. The Labute approximate surface area is 53.0 Å². The summed E-state index contributed by atoms with van der Waals surface area (Å²) < 4.78 is 1.76. The second-order valence-corrected chi connectivity index (χ2v) is 1.14. The van der Waals surface area contributed by atoms with Crippen LogP contribution in [0.1, 0.15) is 0 Å². The third kappa shape index (κ3) is 1.76. The molecule has 0 atom stereocenters. The maximum Gasteiger partial charge on any atom is 1.00 e. The molecule has 0 amide bonds. The first-order valence-electron chi connectivity index (χ1n) is 1.74. The van der Waals surface area contributed by atoms with Gasteiger partial charge in [-0.25, -0.2) is 0 Å². The Hall–Kier alpha value is -0.271. The van der Waals surface area contributed by atoms with Gasteiger partial charge in [0, 0.05) is 6.33 Å². The summed E-state index contributed by atoms with van der Waals surface area (Å²) in [5, 5.41) is 0. The Bertz CT molecular complexity index is 113. The van der Waals surface area contributed by atoms with E-state index in [4.69, 9.17) is 0 Å². The molecule has 0 aliphatic carbocycles. The van der Waals surface area contributed by atoms with Crippen molar-refractivity contribution in [1.82, 2.24) is 9.55 Å². The SMILES string of the molecule is Cn1[c-]ncc1.[Cu+]. The summed E-state index contributed by atoms with van der Waals surface area (Å²) in [5.41, 5.74) is 0. The van der Waals surface area contributed by atoms with Gasteiger partial charge in [0.15, 0.2) is 0 Å². The van der Waals surface area contributed by atoms with Crippen molar-refractivity contribution in [2.24, 2.45) is 7.05 Å². The minimum atomic E-state index is 0. The van der Waals surface area contributed by atoms with Crippen LogP contribution >= 0.6 is 0 Å². The third-order valence-electron chi connectivity index (χ3n) is 0.580. The Morgan fingerprint density at radius 3 is 2.57 bits per heavy atom. The fourth-order valence-corrected chi connectivity index (χ4v) is 0.291. The molecule has 0 aliphatic heterocycles. The first-order chi connectivity index (χ1) is 2.89. The van der Waals surface area contributed by atoms with Gasteiger partial charge in [-0.1, -0.05) is 0 Å². The van der Waals surface area contributed by atoms with Crippen LogP contribution in [0, 0.1) is 6.33 Å². The molecule has 0 aliphatic rings. The second kappa shape index (κ2) is 2.83. The first-order valence-corrected chi connectivity index (χ1v) is 1.74. The fraction of sp³-hybridized carbons (Fsp3) is 0.250. The molecule has 0 bridgehead atoms. The topological polar surface area (TPSA) is 17.8 Å². The van der Waals surface area contributed by atoms with Crippen molar-refractivity contribution in [3.05, 3.63) is 18.7 Å². The van der Waals surface area contributed by atoms with Crippen LogP contribution in [0.5, 0.6) is 0 Å². The Balaban J connectivity index is 0.000000360. The van der Waals surface area contributed by atoms with Crippen LogP contribution in [0.15, 0.2) is 12.4 Å². The van der Waals surface area contributed by atoms with E-state index in [1.165, 1.54) is 0 Å². The predicted molar refractivity (Wildman–Crippen MR) is 22.0 cm³/mol. The van der Waals surface area contributed by atoms with Gasteiger partial charge in [-0.2, -0.15) is 0 Å². The fourth-order valence-electron chi connectivity index (χ4n) is 0.291. The van der Waals surface area contributed by atoms with E-state index in [9.17, 15) is 0 Å². The molecule has 1 rings (SSSR count). The van der Waals surface area contributed by atoms with Gasteiger partial charge in [-0.3, -0.25) is 0 Å². The van der Waals surface area contributed by atoms with E-state index in [0.29, 0.717) is 0 Å². The van der Waals surface area contributed by atoms with Crippen molar-refractivity contribution in [2.45, 2.75) is 0 Å². The zero-order valence-corrected chi connectivity index (χ0v) is 4.79. The standard InChI is InChI=1S/C4H5N2.Cu/c1-6-3-2-5-4-6;/h2-3H,1H3;/q-1;+1. The van der Waals surface area contributed by atoms with Crippen LogP contribution in [-0.4, -0.2) is 9.55 Å². The van der Waals surface area contributed by atoms with Crippen LogP contribution in [0.25, 0.3) is 0 Å². The van der Waals surface area contributed by atoms with Gasteiger partial charge in [0.25, 0.3) is 0 Å². The molecule has 3 heteroatoms. The molecule has 0 aromatic carbocycles. The minimum absolute atomic E-state index is 0. The van der Waals surface area contributed by atoms with Gasteiger partial charge in [0.1, 0.15) is 0 Å². The molecule has 0 saturated heterocycles. The first kappa shape index (κ1) is 6.73. The molecule has 1 aromatic heterocycles. The third-order valence-corrected chi connectivity index (χ3v) is 0.580. The average Bonchev–Trinajstić information content (AvgIpc) is 1.86. The van der Waals surface area contributed by atoms with E-state index >= 15 is 0 Å². The minimum Gasteiger partial charge on any atom is -0.457 e. The summed E-state index contributed by atoms with van der Waals surface area (Å²) in [7, 11) is 1.88. The molecule has 2 nitrogen and oxygen atoms in total. The van der Waals surface area contributed by atoms with Crippen LogP contribution in [0.4, 0.5) is 0 Å². The summed E-state index contributed by atoms with van der Waals surface area (Å²) in [6, 6.07) is 0. The van der Waals surface area contributed by atoms with E-state index in [2.05, 4.69) is 11.3 Å². The Morgan fingerprint density at radius 1 is 1.71 bits per heavy atom. The van der Waals surface area contributed by atoms with E-state index in [-0.39, 0.29) is 17.1 Å². The Morgan fingerprint density at radius 2 is 2.43 bits per heavy atom. The van der Waals surface area contributed by atoms with Gasteiger partial charge < -0.3 is 9.55 Å². The van der Waals surface area contributed by atoms with Crippen LogP contribution < -0.4 is 0 Å². The number of aryl methyl sites for hydroxylation is 1. The van der Waals surface area contributed by atoms with Crippen LogP contribution in [-0.2, 0) is 24.1 Å². The maximum absolute atomic E-state index is 3.66. The Kier molecular flexibility index (Phi) is 2.72. The molecule has 0 N–H and O–H groups in total. The monoisotopic (exact) mass is 144 g/mol. The van der Waals surface area contributed by atoms with Crippen LogP contribution in [0.3, 0.4) is 0 Å². The summed E-state index contributed by atoms with van der Waals surface area (Å²) in [6.45, 7) is 0. The van der Waals surface area contributed by atoms with Gasteiger partial charge in [0.05, 0.1) is 0 Å². The quantitative estimate of drug-likeness (QED) is 0.376. The number of hydrogen-bond donors (Lipinski definition) is 0. The van der Waals surface area contributed by atoms with E-state index in [1.807, 2.05) is 13.2 Å². The zero-order chi connectivity index (χ0) is 4.41. The molecule has 0 fully saturated rings. The number of nitrogens with zero attached hydrogens (tertiary/aromatic N) is 2. The van der Waals surface area contributed by atoms with Crippen molar-refractivity contribution >= 4 is 0 Å². The van der Waals surface area contributed by atoms with Gasteiger partial charge in [-0.15, -0.1) is 12.4 Å². The van der Waals surface area contributed by atoms with Gasteiger partial charge >= 0.3 is 17.1 Å². The normalized spacial score (nSPS) is 7.57. The smallest absolute Gasteiger partial charge is 0.457 e. The largest absolute Gasteiger partial charge is 1.00 e. The number of rotatable bonds is 0. The second-order valence-electron chi connectivity index (χ2n) is 1.14. The van der Waals surface area contributed by atoms with E-state index in [0.717, 1.165) is 0 Å². The van der Waals surface area contributed by atoms with Gasteiger partial charge in [0.2, 0.25) is 0 Å². The number of aromatic nitrogens is 2. The van der Waals surface area contributed by atoms with Gasteiger partial charge in [-0.05, 0) is 7.05 Å². The molecule has 0 unspecified atom stereocenters. The van der Waals surface area contributed by atoms with Crippen molar-refractivity contribution in [1.29, 1.82) is 0 Å².